The number of morpholine rings is 1. The lowest BCUT2D eigenvalue weighted by molar-refractivity contribution is 0.0376. The first-order valence-corrected chi connectivity index (χ1v) is 12.9. The van der Waals surface area contributed by atoms with E-state index < -0.39 is 0 Å². The Kier molecular flexibility index (Phi) is 8.50. The van der Waals surface area contributed by atoms with Crippen molar-refractivity contribution in [3.63, 3.8) is 0 Å². The van der Waals surface area contributed by atoms with Crippen LogP contribution in [0, 0.1) is 0 Å². The first kappa shape index (κ1) is 23.9. The number of thiocarbonyl (C=S) groups is 1. The quantitative estimate of drug-likeness (QED) is 0.356. The molecule has 3 aromatic rings. The Morgan fingerprint density at radius 2 is 2.09 bits per heavy atom. The van der Waals surface area contributed by atoms with E-state index in [-0.39, 0.29) is 5.56 Å². The maximum atomic E-state index is 12.8. The topological polar surface area (TPSA) is 60.6 Å². The summed E-state index contributed by atoms with van der Waals surface area (Å²) < 4.78 is 5.42. The number of aromatic amines is 1. The van der Waals surface area contributed by atoms with Gasteiger partial charge in [0.15, 0.2) is 5.11 Å². The first-order valence-electron chi connectivity index (χ1n) is 11.6. The zero-order valence-corrected chi connectivity index (χ0v) is 20.8. The van der Waals surface area contributed by atoms with Crippen molar-refractivity contribution in [3.8, 4) is 0 Å². The van der Waals surface area contributed by atoms with Crippen LogP contribution in [0.15, 0.2) is 46.6 Å². The minimum atomic E-state index is -0.0574. The second-order valence-electron chi connectivity index (χ2n) is 8.37. The molecule has 1 aromatic carbocycles. The molecule has 0 bridgehead atoms. The average Bonchev–Trinajstić information content (AvgIpc) is 3.35. The zero-order chi connectivity index (χ0) is 23.0. The Morgan fingerprint density at radius 1 is 1.24 bits per heavy atom. The highest BCUT2D eigenvalue weighted by Crippen LogP contribution is 2.17. The van der Waals surface area contributed by atoms with Gasteiger partial charge in [0, 0.05) is 35.6 Å². The van der Waals surface area contributed by atoms with E-state index in [9.17, 15) is 4.79 Å². The number of aromatic nitrogens is 1. The highest BCUT2D eigenvalue weighted by molar-refractivity contribution is 7.80. The van der Waals surface area contributed by atoms with Crippen LogP contribution in [0.5, 0.6) is 0 Å². The van der Waals surface area contributed by atoms with Crippen molar-refractivity contribution in [3.05, 3.63) is 68.1 Å². The van der Waals surface area contributed by atoms with Crippen LogP contribution in [0.3, 0.4) is 0 Å². The lowest BCUT2D eigenvalue weighted by atomic mass is 10.1. The van der Waals surface area contributed by atoms with Crippen LogP contribution in [-0.4, -0.2) is 59.3 Å². The van der Waals surface area contributed by atoms with Gasteiger partial charge in [0.25, 0.3) is 5.56 Å². The van der Waals surface area contributed by atoms with E-state index in [0.29, 0.717) is 18.2 Å². The number of pyridine rings is 1. The smallest absolute Gasteiger partial charge is 0.253 e. The van der Waals surface area contributed by atoms with Gasteiger partial charge in [-0.3, -0.25) is 9.69 Å². The molecule has 3 heterocycles. The number of aryl methyl sites for hydroxylation is 1. The molecule has 1 aliphatic rings. The van der Waals surface area contributed by atoms with Crippen molar-refractivity contribution in [2.24, 2.45) is 0 Å². The van der Waals surface area contributed by atoms with Crippen LogP contribution < -0.4 is 10.9 Å². The van der Waals surface area contributed by atoms with Gasteiger partial charge in [-0.2, -0.15) is 0 Å². The molecule has 1 fully saturated rings. The lowest BCUT2D eigenvalue weighted by Crippen LogP contribution is -2.41. The fourth-order valence-corrected chi connectivity index (χ4v) is 5.02. The summed E-state index contributed by atoms with van der Waals surface area (Å²) in [7, 11) is 0. The maximum absolute atomic E-state index is 12.8. The van der Waals surface area contributed by atoms with Gasteiger partial charge in [-0.15, -0.1) is 11.3 Å². The van der Waals surface area contributed by atoms with Crippen molar-refractivity contribution in [1.82, 2.24) is 20.1 Å². The predicted octanol–water partition coefficient (Wildman–Crippen LogP) is 3.75. The van der Waals surface area contributed by atoms with E-state index >= 15 is 0 Å². The van der Waals surface area contributed by atoms with Gasteiger partial charge in [0.2, 0.25) is 0 Å². The molecule has 176 valence electrons. The standard InChI is InChI=1S/C25H32N4O2S2/c1-2-19-6-7-23-20(15-19)16-21(24(30)27-23)17-29(18-22-5-3-14-33-22)25(32)26-8-4-9-28-10-12-31-13-11-28/h3,5-7,14-16H,2,4,8-13,17-18H2,1H3,(H,26,32)(H,27,30). The number of fused-ring (bicyclic) bond motifs is 1. The van der Waals surface area contributed by atoms with Gasteiger partial charge in [-0.1, -0.05) is 19.1 Å². The van der Waals surface area contributed by atoms with Crippen LogP contribution in [0.2, 0.25) is 0 Å². The molecular formula is C25H32N4O2S2. The Hall–Kier alpha value is -2.26. The van der Waals surface area contributed by atoms with Crippen molar-refractivity contribution >= 4 is 39.6 Å². The molecule has 0 unspecified atom stereocenters. The number of rotatable bonds is 9. The van der Waals surface area contributed by atoms with Crippen LogP contribution in [0.1, 0.15) is 29.3 Å². The number of nitrogens with one attached hydrogen (secondary N) is 2. The Labute approximate surface area is 204 Å². The lowest BCUT2D eigenvalue weighted by Gasteiger charge is -2.28. The molecule has 0 atom stereocenters. The van der Waals surface area contributed by atoms with Gasteiger partial charge in [0.05, 0.1) is 26.3 Å². The van der Waals surface area contributed by atoms with Crippen LogP contribution in [-0.2, 0) is 24.2 Å². The van der Waals surface area contributed by atoms with Gasteiger partial charge in [-0.05, 0) is 72.2 Å². The van der Waals surface area contributed by atoms with Crippen LogP contribution in [0.4, 0.5) is 0 Å². The number of nitrogens with zero attached hydrogens (tertiary/aromatic N) is 2. The molecule has 2 aromatic heterocycles. The van der Waals surface area contributed by atoms with Gasteiger partial charge in [-0.25, -0.2) is 0 Å². The minimum Gasteiger partial charge on any atom is -0.379 e. The molecule has 8 heteroatoms. The molecule has 1 aliphatic heterocycles. The molecule has 0 saturated carbocycles. The minimum absolute atomic E-state index is 0.0574. The maximum Gasteiger partial charge on any atom is 0.253 e. The average molecular weight is 485 g/mol. The molecule has 0 aliphatic carbocycles. The van der Waals surface area contributed by atoms with Crippen molar-refractivity contribution in [1.29, 1.82) is 0 Å². The van der Waals surface area contributed by atoms with Crippen molar-refractivity contribution in [2.75, 3.05) is 39.4 Å². The number of ether oxygens (including phenoxy) is 1. The highest BCUT2D eigenvalue weighted by Gasteiger charge is 2.15. The fourth-order valence-electron chi connectivity index (χ4n) is 4.07. The molecule has 0 radical (unpaired) electrons. The summed E-state index contributed by atoms with van der Waals surface area (Å²) in [5, 5.41) is 7.24. The third kappa shape index (κ3) is 6.63. The van der Waals surface area contributed by atoms with Gasteiger partial charge < -0.3 is 19.9 Å². The molecule has 6 nitrogen and oxygen atoms in total. The number of benzene rings is 1. The summed E-state index contributed by atoms with van der Waals surface area (Å²) in [5.41, 5.74) is 2.80. The summed E-state index contributed by atoms with van der Waals surface area (Å²) in [4.78, 5) is 21.6. The molecule has 0 spiro atoms. The molecule has 2 N–H and O–H groups in total. The molecule has 33 heavy (non-hydrogen) atoms. The summed E-state index contributed by atoms with van der Waals surface area (Å²) in [5.74, 6) is 0. The number of hydrogen-bond donors (Lipinski definition) is 2. The Morgan fingerprint density at radius 3 is 2.85 bits per heavy atom. The summed E-state index contributed by atoms with van der Waals surface area (Å²) in [6.45, 7) is 8.77. The van der Waals surface area contributed by atoms with E-state index in [2.05, 4.69) is 50.6 Å². The molecule has 0 amide bonds. The summed E-state index contributed by atoms with van der Waals surface area (Å²) >= 11 is 7.47. The zero-order valence-electron chi connectivity index (χ0n) is 19.1. The van der Waals surface area contributed by atoms with Crippen LogP contribution in [0.25, 0.3) is 10.9 Å². The second kappa shape index (κ2) is 11.7. The molecular weight excluding hydrogens is 452 g/mol. The third-order valence-corrected chi connectivity index (χ3v) is 7.26. The normalized spacial score (nSPS) is 14.5. The number of H-pyrrole nitrogens is 1. The first-order chi connectivity index (χ1) is 16.1. The summed E-state index contributed by atoms with van der Waals surface area (Å²) in [6, 6.07) is 12.4. The Balaban J connectivity index is 1.44. The van der Waals surface area contributed by atoms with Crippen molar-refractivity contribution in [2.45, 2.75) is 32.9 Å². The van der Waals surface area contributed by atoms with Gasteiger partial charge in [0.1, 0.15) is 0 Å². The SMILES string of the molecule is CCc1ccc2[nH]c(=O)c(CN(Cc3cccs3)C(=S)NCCCN3CCOCC3)cc2c1. The van der Waals surface area contributed by atoms with Crippen LogP contribution >= 0.6 is 23.6 Å². The van der Waals surface area contributed by atoms with Crippen molar-refractivity contribution < 1.29 is 4.74 Å². The van der Waals surface area contributed by atoms with E-state index in [0.717, 1.165) is 68.7 Å². The highest BCUT2D eigenvalue weighted by atomic mass is 32.1. The molecule has 1 saturated heterocycles. The van der Waals surface area contributed by atoms with E-state index in [1.165, 1.54) is 10.4 Å². The largest absolute Gasteiger partial charge is 0.379 e. The predicted molar refractivity (Wildman–Crippen MR) is 140 cm³/mol. The fraction of sp³-hybridized carbons (Fsp3) is 0.440. The Bertz CT molecular complexity index is 1110. The third-order valence-electron chi connectivity index (χ3n) is 6.00. The van der Waals surface area contributed by atoms with E-state index in [1.807, 2.05) is 18.2 Å². The second-order valence-corrected chi connectivity index (χ2v) is 9.79. The monoisotopic (exact) mass is 484 g/mol. The van der Waals surface area contributed by atoms with E-state index in [4.69, 9.17) is 17.0 Å². The number of hydrogen-bond acceptors (Lipinski definition) is 5. The molecule has 4 rings (SSSR count). The van der Waals surface area contributed by atoms with Gasteiger partial charge >= 0.3 is 0 Å². The summed E-state index contributed by atoms with van der Waals surface area (Å²) in [6.07, 6.45) is 1.98. The van der Waals surface area contributed by atoms with E-state index in [1.54, 1.807) is 11.3 Å². The number of thiophene rings is 1.